The number of fused-ring (bicyclic) bond motifs is 2. The number of rotatable bonds is 2. The molecule has 0 aromatic carbocycles. The number of hydrogen-bond donors (Lipinski definition) is 0. The molecular formula is C13H20N2O3. The molecule has 3 atom stereocenters. The number of hydroxylamine groups is 2. The van der Waals surface area contributed by atoms with E-state index in [1.165, 1.54) is 0 Å². The third-order valence-corrected chi connectivity index (χ3v) is 4.02. The third kappa shape index (κ3) is 2.01. The Kier molecular flexibility index (Phi) is 3.26. The molecule has 5 heteroatoms. The fraction of sp³-hybridized carbons (Fsp3) is 0.769. The summed E-state index contributed by atoms with van der Waals surface area (Å²) in [4.78, 5) is 20.1. The van der Waals surface area contributed by atoms with E-state index >= 15 is 0 Å². The first kappa shape index (κ1) is 12.0. The van der Waals surface area contributed by atoms with Gasteiger partial charge in [0.2, 0.25) is 0 Å². The molecule has 0 aromatic rings. The van der Waals surface area contributed by atoms with E-state index in [9.17, 15) is 4.79 Å². The van der Waals surface area contributed by atoms with E-state index < -0.39 is 0 Å². The number of ether oxygens (including phenoxy) is 1. The van der Waals surface area contributed by atoms with Crippen molar-refractivity contribution in [2.24, 2.45) is 0 Å². The lowest BCUT2D eigenvalue weighted by Crippen LogP contribution is -2.54. The topological polar surface area (TPSA) is 42.0 Å². The summed E-state index contributed by atoms with van der Waals surface area (Å²) < 4.78 is 5.19. The van der Waals surface area contributed by atoms with Crippen LogP contribution < -0.4 is 0 Å². The number of hydrogen-bond acceptors (Lipinski definition) is 3. The van der Waals surface area contributed by atoms with Gasteiger partial charge in [-0.3, -0.25) is 4.84 Å². The maximum Gasteiger partial charge on any atom is 0.344 e. The average molecular weight is 252 g/mol. The van der Waals surface area contributed by atoms with E-state index in [1.54, 1.807) is 12.2 Å². The first-order chi connectivity index (χ1) is 8.79. The van der Waals surface area contributed by atoms with Gasteiger partial charge < -0.3 is 9.64 Å². The van der Waals surface area contributed by atoms with E-state index in [2.05, 4.69) is 12.2 Å². The van der Waals surface area contributed by atoms with Crippen molar-refractivity contribution in [2.45, 2.75) is 43.9 Å². The molecule has 4 aliphatic rings. The number of carbonyl (C=O) groups excluding carboxylic acids is 1. The summed E-state index contributed by atoms with van der Waals surface area (Å²) in [6.07, 6.45) is 8.35. The van der Waals surface area contributed by atoms with Crippen LogP contribution in [0.2, 0.25) is 0 Å². The molecular weight excluding hydrogens is 232 g/mol. The van der Waals surface area contributed by atoms with Crippen molar-refractivity contribution in [2.75, 3.05) is 20.3 Å². The van der Waals surface area contributed by atoms with E-state index in [0.29, 0.717) is 6.61 Å². The highest BCUT2D eigenvalue weighted by molar-refractivity contribution is 5.75. The zero-order chi connectivity index (χ0) is 12.5. The summed E-state index contributed by atoms with van der Waals surface area (Å²) in [5.41, 5.74) is 0. The molecule has 0 radical (unpaired) electrons. The lowest BCUT2D eigenvalue weighted by molar-refractivity contribution is -0.201. The van der Waals surface area contributed by atoms with E-state index in [0.717, 1.165) is 32.2 Å². The van der Waals surface area contributed by atoms with Gasteiger partial charge in [-0.05, 0) is 25.7 Å². The second-order valence-electron chi connectivity index (χ2n) is 5.23. The molecule has 3 aliphatic heterocycles. The maximum absolute atomic E-state index is 12.5. The minimum atomic E-state index is 0.00796. The van der Waals surface area contributed by atoms with Gasteiger partial charge in [0.05, 0.1) is 18.7 Å². The number of urea groups is 1. The molecule has 100 valence electrons. The van der Waals surface area contributed by atoms with Crippen LogP contribution in [0.25, 0.3) is 0 Å². The Bertz CT molecular complexity index is 358. The predicted molar refractivity (Wildman–Crippen MR) is 65.9 cm³/mol. The average Bonchev–Trinajstić information content (AvgIpc) is 2.88. The summed E-state index contributed by atoms with van der Waals surface area (Å²) in [5, 5.41) is 1.57. The highest BCUT2D eigenvalue weighted by atomic mass is 16.7. The Hall–Kier alpha value is -1.07. The monoisotopic (exact) mass is 252 g/mol. The highest BCUT2D eigenvalue weighted by Crippen LogP contribution is 2.30. The molecule has 4 rings (SSSR count). The zero-order valence-corrected chi connectivity index (χ0v) is 10.7. The van der Waals surface area contributed by atoms with Crippen molar-refractivity contribution in [3.63, 3.8) is 0 Å². The Morgan fingerprint density at radius 3 is 2.89 bits per heavy atom. The Morgan fingerprint density at radius 2 is 2.28 bits per heavy atom. The fourth-order valence-corrected chi connectivity index (χ4v) is 3.05. The van der Waals surface area contributed by atoms with Crippen LogP contribution in [-0.4, -0.2) is 54.4 Å². The van der Waals surface area contributed by atoms with Crippen molar-refractivity contribution in [1.29, 1.82) is 0 Å². The first-order valence-corrected chi connectivity index (χ1v) is 6.73. The van der Waals surface area contributed by atoms with E-state index in [-0.39, 0.29) is 24.2 Å². The van der Waals surface area contributed by atoms with Gasteiger partial charge >= 0.3 is 6.03 Å². The van der Waals surface area contributed by atoms with Gasteiger partial charge in [0.1, 0.15) is 6.10 Å². The molecule has 2 saturated heterocycles. The molecule has 18 heavy (non-hydrogen) atoms. The van der Waals surface area contributed by atoms with Gasteiger partial charge in [0, 0.05) is 13.7 Å². The molecule has 0 saturated carbocycles. The van der Waals surface area contributed by atoms with Crippen LogP contribution in [0.1, 0.15) is 25.7 Å². The quantitative estimate of drug-likeness (QED) is 0.700. The van der Waals surface area contributed by atoms with Gasteiger partial charge in [0.15, 0.2) is 0 Å². The van der Waals surface area contributed by atoms with Crippen LogP contribution in [0.15, 0.2) is 12.2 Å². The van der Waals surface area contributed by atoms with Crippen molar-refractivity contribution in [3.05, 3.63) is 12.2 Å². The number of methoxy groups -OCH3 is 1. The van der Waals surface area contributed by atoms with Crippen molar-refractivity contribution >= 4 is 6.03 Å². The molecule has 2 amide bonds. The molecule has 0 aromatic heterocycles. The molecule has 2 bridgehead atoms. The molecule has 0 N–H and O–H groups in total. The van der Waals surface area contributed by atoms with Crippen LogP contribution in [0.4, 0.5) is 4.79 Å². The van der Waals surface area contributed by atoms with Gasteiger partial charge in [-0.2, -0.15) is 5.06 Å². The summed E-state index contributed by atoms with van der Waals surface area (Å²) in [5.74, 6) is 0. The molecule has 5 nitrogen and oxygen atoms in total. The maximum atomic E-state index is 12.5. The SMILES string of the molecule is COCC1CCCN1C(=O)N1OC2C=CC1CC2. The van der Waals surface area contributed by atoms with Crippen molar-refractivity contribution in [3.8, 4) is 0 Å². The molecule has 3 unspecified atom stereocenters. The van der Waals surface area contributed by atoms with Crippen LogP contribution in [0.5, 0.6) is 0 Å². The molecule has 1 aliphatic carbocycles. The van der Waals surface area contributed by atoms with E-state index in [1.807, 2.05) is 4.90 Å². The summed E-state index contributed by atoms with van der Waals surface area (Å²) in [7, 11) is 1.68. The predicted octanol–water partition coefficient (Wildman–Crippen LogP) is 1.55. The first-order valence-electron chi connectivity index (χ1n) is 6.73. The molecule has 0 spiro atoms. The number of nitrogens with zero attached hydrogens (tertiary/aromatic N) is 2. The normalized spacial score (nSPS) is 34.4. The van der Waals surface area contributed by atoms with Gasteiger partial charge in [0.25, 0.3) is 0 Å². The Morgan fingerprint density at radius 1 is 1.39 bits per heavy atom. The van der Waals surface area contributed by atoms with Gasteiger partial charge in [-0.25, -0.2) is 4.79 Å². The number of carbonyl (C=O) groups is 1. The van der Waals surface area contributed by atoms with Crippen molar-refractivity contribution in [1.82, 2.24) is 9.96 Å². The Balaban J connectivity index is 1.69. The van der Waals surface area contributed by atoms with Gasteiger partial charge in [-0.15, -0.1) is 0 Å². The second-order valence-corrected chi connectivity index (χ2v) is 5.23. The van der Waals surface area contributed by atoms with Crippen LogP contribution in [-0.2, 0) is 9.57 Å². The fourth-order valence-electron chi connectivity index (χ4n) is 3.05. The second kappa shape index (κ2) is 4.90. The summed E-state index contributed by atoms with van der Waals surface area (Å²) >= 11 is 0. The van der Waals surface area contributed by atoms with Crippen molar-refractivity contribution < 1.29 is 14.4 Å². The highest BCUT2D eigenvalue weighted by Gasteiger charge is 2.39. The lowest BCUT2D eigenvalue weighted by atomic mass is 9.98. The smallest absolute Gasteiger partial charge is 0.344 e. The minimum Gasteiger partial charge on any atom is -0.383 e. The number of amides is 2. The molecule has 3 heterocycles. The third-order valence-electron chi connectivity index (χ3n) is 4.02. The van der Waals surface area contributed by atoms with Crippen LogP contribution in [0, 0.1) is 0 Å². The summed E-state index contributed by atoms with van der Waals surface area (Å²) in [6.45, 7) is 1.43. The Labute approximate surface area is 107 Å². The number of likely N-dealkylation sites (tertiary alicyclic amines) is 1. The van der Waals surface area contributed by atoms with Gasteiger partial charge in [-0.1, -0.05) is 12.2 Å². The zero-order valence-electron chi connectivity index (χ0n) is 10.7. The van der Waals surface area contributed by atoms with E-state index in [4.69, 9.17) is 9.57 Å². The van der Waals surface area contributed by atoms with Crippen LogP contribution in [0.3, 0.4) is 0 Å². The lowest BCUT2D eigenvalue weighted by Gasteiger charge is -2.42. The largest absolute Gasteiger partial charge is 0.383 e. The standard InChI is InChI=1S/C13H20N2O3/c1-17-9-11-3-2-8-14(11)13(16)15-10-4-6-12(18-15)7-5-10/h4,6,10-12H,2-3,5,7-9H2,1H3. The van der Waals surface area contributed by atoms with Crippen LogP contribution >= 0.6 is 0 Å². The minimum absolute atomic E-state index is 0.00796. The molecule has 2 fully saturated rings. The summed E-state index contributed by atoms with van der Waals surface area (Å²) in [6, 6.07) is 0.329.